The Bertz CT molecular complexity index is 1180. The quantitative estimate of drug-likeness (QED) is 0.314. The molecule has 10 heteroatoms. The summed E-state index contributed by atoms with van der Waals surface area (Å²) in [5.74, 6) is -1.24. The summed E-state index contributed by atoms with van der Waals surface area (Å²) in [6.45, 7) is 5.95. The van der Waals surface area contributed by atoms with E-state index >= 15 is 0 Å². The number of primary amides is 1. The van der Waals surface area contributed by atoms with Gasteiger partial charge in [0.1, 0.15) is 17.5 Å². The number of rotatable bonds is 11. The minimum absolute atomic E-state index is 0.0126. The van der Waals surface area contributed by atoms with Gasteiger partial charge in [-0.25, -0.2) is 13.8 Å². The van der Waals surface area contributed by atoms with Crippen molar-refractivity contribution in [1.82, 2.24) is 9.88 Å². The van der Waals surface area contributed by atoms with Gasteiger partial charge >= 0.3 is 0 Å². The van der Waals surface area contributed by atoms with E-state index in [0.29, 0.717) is 22.6 Å². The Morgan fingerprint density at radius 1 is 1.00 bits per heavy atom. The molecule has 2 aromatic carbocycles. The molecule has 1 aliphatic heterocycles. The largest absolute Gasteiger partial charge is 0.381 e. The average Bonchev–Trinajstić information content (AvgIpc) is 2.87. The van der Waals surface area contributed by atoms with Crippen LogP contribution in [-0.2, 0) is 17.8 Å². The second-order valence-corrected chi connectivity index (χ2v) is 9.14. The molecule has 8 nitrogen and oxygen atoms in total. The van der Waals surface area contributed by atoms with Gasteiger partial charge in [0, 0.05) is 73.7 Å². The number of nitrogens with two attached hydrogens (primary N) is 2. The number of benzene rings is 2. The van der Waals surface area contributed by atoms with Crippen LogP contribution in [0.4, 0.5) is 31.7 Å². The van der Waals surface area contributed by atoms with Crippen molar-refractivity contribution in [2.45, 2.75) is 19.4 Å². The van der Waals surface area contributed by atoms with E-state index in [1.807, 2.05) is 12.1 Å². The van der Waals surface area contributed by atoms with E-state index in [0.717, 1.165) is 57.4 Å². The van der Waals surface area contributed by atoms with Crippen LogP contribution in [0.15, 0.2) is 54.7 Å². The number of carbonyl (C=O) groups excluding carboxylic acids is 1. The first-order valence-electron chi connectivity index (χ1n) is 12.4. The van der Waals surface area contributed by atoms with Gasteiger partial charge in [0.2, 0.25) is 5.91 Å². The Morgan fingerprint density at radius 3 is 2.35 bits per heavy atom. The summed E-state index contributed by atoms with van der Waals surface area (Å²) in [5, 5.41) is 6.42. The van der Waals surface area contributed by atoms with Gasteiger partial charge in [0.15, 0.2) is 0 Å². The molecule has 1 aliphatic rings. The van der Waals surface area contributed by atoms with Gasteiger partial charge in [-0.15, -0.1) is 0 Å². The van der Waals surface area contributed by atoms with Crippen LogP contribution in [0, 0.1) is 11.6 Å². The summed E-state index contributed by atoms with van der Waals surface area (Å²) in [6, 6.07) is 13.2. The van der Waals surface area contributed by atoms with E-state index in [9.17, 15) is 13.6 Å². The Labute approximate surface area is 215 Å². The maximum atomic E-state index is 13.6. The molecule has 1 aromatic heterocycles. The Hall–Kier alpha value is -3.76. The standard InChI is InChI=1S/C27H33F2N7O/c28-21-12-19(13-22(29)15-21)17-32-25-16-27(33-18-20(25)14-26(31)37)34-23-2-4-24(5-3-23)36-10-8-35(9-11-36)7-1-6-30/h2-5,12-13,15-16,18H,1,6-11,14,17,30H2,(H2,31,37)(H2,32,33,34). The zero-order valence-corrected chi connectivity index (χ0v) is 20.7. The predicted octanol–water partition coefficient (Wildman–Crippen LogP) is 3.21. The molecule has 1 fully saturated rings. The molecular formula is C27H33F2N7O. The van der Waals surface area contributed by atoms with Crippen molar-refractivity contribution in [1.29, 1.82) is 0 Å². The van der Waals surface area contributed by atoms with Crippen molar-refractivity contribution in [2.24, 2.45) is 11.5 Å². The van der Waals surface area contributed by atoms with Crippen LogP contribution in [-0.4, -0.2) is 55.1 Å². The van der Waals surface area contributed by atoms with E-state index < -0.39 is 17.5 Å². The first-order chi connectivity index (χ1) is 17.9. The Morgan fingerprint density at radius 2 is 1.70 bits per heavy atom. The molecule has 196 valence electrons. The van der Waals surface area contributed by atoms with Gasteiger partial charge in [0.05, 0.1) is 6.42 Å². The van der Waals surface area contributed by atoms with Crippen LogP contribution < -0.4 is 27.0 Å². The molecule has 1 amide bonds. The molecule has 0 unspecified atom stereocenters. The molecular weight excluding hydrogens is 476 g/mol. The lowest BCUT2D eigenvalue weighted by atomic mass is 10.1. The summed E-state index contributed by atoms with van der Waals surface area (Å²) in [6.07, 6.45) is 2.58. The molecule has 37 heavy (non-hydrogen) atoms. The van der Waals surface area contributed by atoms with Gasteiger partial charge in [-0.2, -0.15) is 0 Å². The van der Waals surface area contributed by atoms with Crippen molar-refractivity contribution in [2.75, 3.05) is 54.8 Å². The lowest BCUT2D eigenvalue weighted by Crippen LogP contribution is -2.46. The summed E-state index contributed by atoms with van der Waals surface area (Å²) in [5.41, 5.74) is 14.7. The molecule has 3 aromatic rings. The summed E-state index contributed by atoms with van der Waals surface area (Å²) in [7, 11) is 0. The summed E-state index contributed by atoms with van der Waals surface area (Å²) in [4.78, 5) is 20.8. The van der Waals surface area contributed by atoms with Crippen LogP contribution in [0.25, 0.3) is 0 Å². The van der Waals surface area contributed by atoms with Gasteiger partial charge in [-0.05, 0) is 61.5 Å². The lowest BCUT2D eigenvalue weighted by molar-refractivity contribution is -0.117. The SMILES string of the molecule is NCCCN1CCN(c2ccc(Nc3cc(NCc4cc(F)cc(F)c4)c(CC(N)=O)cn3)cc2)CC1. The minimum atomic E-state index is -0.650. The van der Waals surface area contributed by atoms with Crippen molar-refractivity contribution >= 4 is 28.8 Å². The molecule has 0 radical (unpaired) electrons. The fourth-order valence-corrected chi connectivity index (χ4v) is 4.40. The van der Waals surface area contributed by atoms with E-state index in [1.165, 1.54) is 17.8 Å². The van der Waals surface area contributed by atoms with Crippen molar-refractivity contribution in [3.05, 3.63) is 77.5 Å². The number of nitrogens with one attached hydrogen (secondary N) is 2. The van der Waals surface area contributed by atoms with Crippen LogP contribution in [0.3, 0.4) is 0 Å². The highest BCUT2D eigenvalue weighted by Crippen LogP contribution is 2.25. The second-order valence-electron chi connectivity index (χ2n) is 9.14. The molecule has 2 heterocycles. The molecule has 0 bridgehead atoms. The van der Waals surface area contributed by atoms with Gasteiger partial charge in [-0.1, -0.05) is 0 Å². The molecule has 0 spiro atoms. The Kier molecular flexibility index (Phi) is 8.86. The van der Waals surface area contributed by atoms with Gasteiger partial charge < -0.3 is 27.0 Å². The first kappa shape index (κ1) is 26.3. The third kappa shape index (κ3) is 7.61. The topological polar surface area (TPSA) is 113 Å². The fraction of sp³-hybridized carbons (Fsp3) is 0.333. The average molecular weight is 510 g/mol. The molecule has 6 N–H and O–H groups in total. The monoisotopic (exact) mass is 509 g/mol. The minimum Gasteiger partial charge on any atom is -0.381 e. The number of piperazine rings is 1. The van der Waals surface area contributed by atoms with E-state index in [1.54, 1.807) is 12.3 Å². The smallest absolute Gasteiger partial charge is 0.221 e. The highest BCUT2D eigenvalue weighted by molar-refractivity contribution is 5.79. The molecule has 0 aliphatic carbocycles. The van der Waals surface area contributed by atoms with Crippen molar-refractivity contribution in [3.63, 3.8) is 0 Å². The highest BCUT2D eigenvalue weighted by atomic mass is 19.1. The molecule has 0 saturated carbocycles. The van der Waals surface area contributed by atoms with Gasteiger partial charge in [0.25, 0.3) is 0 Å². The molecule has 1 saturated heterocycles. The van der Waals surface area contributed by atoms with E-state index in [-0.39, 0.29) is 13.0 Å². The second kappa shape index (κ2) is 12.5. The van der Waals surface area contributed by atoms with Crippen LogP contribution in [0.2, 0.25) is 0 Å². The number of hydrogen-bond acceptors (Lipinski definition) is 7. The number of hydrogen-bond donors (Lipinski definition) is 4. The van der Waals surface area contributed by atoms with Crippen molar-refractivity contribution < 1.29 is 13.6 Å². The fourth-order valence-electron chi connectivity index (χ4n) is 4.40. The number of carbonyl (C=O) groups is 1. The normalized spacial score (nSPS) is 14.0. The summed E-state index contributed by atoms with van der Waals surface area (Å²) >= 11 is 0. The lowest BCUT2D eigenvalue weighted by Gasteiger charge is -2.36. The third-order valence-corrected chi connectivity index (χ3v) is 6.31. The number of pyridine rings is 1. The number of halogens is 2. The predicted molar refractivity (Wildman–Crippen MR) is 143 cm³/mol. The summed E-state index contributed by atoms with van der Waals surface area (Å²) < 4.78 is 27.1. The third-order valence-electron chi connectivity index (χ3n) is 6.31. The number of amides is 1. The number of aromatic nitrogens is 1. The number of anilines is 4. The van der Waals surface area contributed by atoms with E-state index in [4.69, 9.17) is 11.5 Å². The van der Waals surface area contributed by atoms with E-state index in [2.05, 4.69) is 37.6 Å². The first-order valence-corrected chi connectivity index (χ1v) is 12.4. The van der Waals surface area contributed by atoms with Crippen molar-refractivity contribution in [3.8, 4) is 0 Å². The zero-order chi connectivity index (χ0) is 26.2. The van der Waals surface area contributed by atoms with Crippen LogP contribution in [0.1, 0.15) is 17.5 Å². The molecule has 0 atom stereocenters. The van der Waals surface area contributed by atoms with Gasteiger partial charge in [-0.3, -0.25) is 9.69 Å². The number of nitrogens with zero attached hydrogens (tertiary/aromatic N) is 3. The maximum Gasteiger partial charge on any atom is 0.221 e. The molecule has 4 rings (SSSR count). The van der Waals surface area contributed by atoms with Crippen LogP contribution in [0.5, 0.6) is 0 Å². The highest BCUT2D eigenvalue weighted by Gasteiger charge is 2.17. The van der Waals surface area contributed by atoms with Crippen LogP contribution >= 0.6 is 0 Å². The zero-order valence-electron chi connectivity index (χ0n) is 20.7. The Balaban J connectivity index is 1.41. The maximum absolute atomic E-state index is 13.6.